The Morgan fingerprint density at radius 3 is 2.53 bits per heavy atom. The smallest absolute Gasteiger partial charge is 0.0657 e. The van der Waals surface area contributed by atoms with Crippen molar-refractivity contribution in [1.82, 2.24) is 5.32 Å². The average molecular weight is 233 g/mol. The van der Waals surface area contributed by atoms with E-state index in [9.17, 15) is 0 Å². The molecule has 1 N–H and O–H groups in total. The number of ether oxygens (including phenoxy) is 1. The molecule has 1 aromatic rings. The number of benzene rings is 1. The lowest BCUT2D eigenvalue weighted by Gasteiger charge is -2.28. The van der Waals surface area contributed by atoms with Gasteiger partial charge in [0, 0.05) is 13.2 Å². The summed E-state index contributed by atoms with van der Waals surface area (Å²) in [7, 11) is 1.78. The van der Waals surface area contributed by atoms with Gasteiger partial charge in [-0.3, -0.25) is 0 Å². The van der Waals surface area contributed by atoms with E-state index >= 15 is 0 Å². The van der Waals surface area contributed by atoms with E-state index in [2.05, 4.69) is 35.6 Å². The minimum absolute atomic E-state index is 0.337. The van der Waals surface area contributed by atoms with Crippen LogP contribution in [-0.4, -0.2) is 19.8 Å². The summed E-state index contributed by atoms with van der Waals surface area (Å²) in [4.78, 5) is 0. The molecule has 2 heteroatoms. The van der Waals surface area contributed by atoms with Gasteiger partial charge < -0.3 is 10.1 Å². The van der Waals surface area contributed by atoms with Crippen LogP contribution in [0, 0.1) is 0 Å². The van der Waals surface area contributed by atoms with Gasteiger partial charge in [0.2, 0.25) is 0 Å². The molecule has 0 aromatic heterocycles. The van der Waals surface area contributed by atoms with Crippen LogP contribution in [0.2, 0.25) is 0 Å². The topological polar surface area (TPSA) is 21.3 Å². The van der Waals surface area contributed by atoms with Gasteiger partial charge in [0.05, 0.1) is 12.6 Å². The van der Waals surface area contributed by atoms with Gasteiger partial charge in [-0.25, -0.2) is 0 Å². The van der Waals surface area contributed by atoms with E-state index in [4.69, 9.17) is 4.74 Å². The van der Waals surface area contributed by atoms with E-state index in [1.807, 2.05) is 0 Å². The average Bonchev–Trinajstić information content (AvgIpc) is 2.40. The molecule has 1 aliphatic rings. The highest BCUT2D eigenvalue weighted by molar-refractivity contribution is 5.19. The van der Waals surface area contributed by atoms with Gasteiger partial charge in [-0.2, -0.15) is 0 Å². The van der Waals surface area contributed by atoms with E-state index in [0.717, 1.165) is 6.61 Å². The highest BCUT2D eigenvalue weighted by atomic mass is 16.5. The van der Waals surface area contributed by atoms with Crippen LogP contribution in [-0.2, 0) is 4.74 Å². The van der Waals surface area contributed by atoms with E-state index in [0.29, 0.717) is 12.1 Å². The molecule has 1 saturated carbocycles. The van der Waals surface area contributed by atoms with Gasteiger partial charge in [-0.05, 0) is 18.4 Å². The Balaban J connectivity index is 1.96. The quantitative estimate of drug-likeness (QED) is 0.842. The first-order chi connectivity index (χ1) is 8.40. The van der Waals surface area contributed by atoms with Crippen LogP contribution in [0.15, 0.2) is 30.3 Å². The molecule has 0 heterocycles. The Bertz CT molecular complexity index is 306. The number of hydrogen-bond donors (Lipinski definition) is 1. The largest absolute Gasteiger partial charge is 0.383 e. The number of rotatable bonds is 5. The van der Waals surface area contributed by atoms with Crippen molar-refractivity contribution in [2.45, 2.75) is 44.2 Å². The first-order valence-corrected chi connectivity index (χ1v) is 6.70. The second kappa shape index (κ2) is 6.77. The lowest BCUT2D eigenvalue weighted by atomic mass is 9.94. The highest BCUT2D eigenvalue weighted by Crippen LogP contribution is 2.21. The maximum absolute atomic E-state index is 5.34. The van der Waals surface area contributed by atoms with Crippen molar-refractivity contribution in [3.8, 4) is 0 Å². The Kier molecular flexibility index (Phi) is 5.02. The molecule has 0 spiro atoms. The molecule has 2 rings (SSSR count). The van der Waals surface area contributed by atoms with E-state index in [-0.39, 0.29) is 0 Å². The predicted octanol–water partition coefficient (Wildman–Crippen LogP) is 3.30. The summed E-state index contributed by atoms with van der Waals surface area (Å²) in [6, 6.07) is 11.6. The predicted molar refractivity (Wildman–Crippen MR) is 71.1 cm³/mol. The van der Waals surface area contributed by atoms with Crippen LogP contribution in [0.1, 0.15) is 43.7 Å². The van der Waals surface area contributed by atoms with Crippen molar-refractivity contribution in [2.75, 3.05) is 13.7 Å². The third-order valence-electron chi connectivity index (χ3n) is 3.58. The van der Waals surface area contributed by atoms with Gasteiger partial charge in [0.25, 0.3) is 0 Å². The molecule has 17 heavy (non-hydrogen) atoms. The van der Waals surface area contributed by atoms with Crippen molar-refractivity contribution in [1.29, 1.82) is 0 Å². The third kappa shape index (κ3) is 3.83. The van der Waals surface area contributed by atoms with Crippen LogP contribution in [0.4, 0.5) is 0 Å². The van der Waals surface area contributed by atoms with Gasteiger partial charge in [-0.15, -0.1) is 0 Å². The molecule has 1 aliphatic carbocycles. The Morgan fingerprint density at radius 1 is 1.18 bits per heavy atom. The van der Waals surface area contributed by atoms with Crippen LogP contribution in [0.3, 0.4) is 0 Å². The molecular weight excluding hydrogens is 210 g/mol. The number of nitrogens with one attached hydrogen (secondary N) is 1. The zero-order chi connectivity index (χ0) is 11.9. The van der Waals surface area contributed by atoms with Crippen LogP contribution >= 0.6 is 0 Å². The van der Waals surface area contributed by atoms with E-state index < -0.39 is 0 Å². The minimum Gasteiger partial charge on any atom is -0.383 e. The Morgan fingerprint density at radius 2 is 1.88 bits per heavy atom. The minimum atomic E-state index is 0.337. The molecule has 0 bridgehead atoms. The van der Waals surface area contributed by atoms with Crippen LogP contribution < -0.4 is 5.32 Å². The molecule has 0 radical (unpaired) electrons. The van der Waals surface area contributed by atoms with Crippen LogP contribution in [0.5, 0.6) is 0 Å². The van der Waals surface area contributed by atoms with Crippen molar-refractivity contribution >= 4 is 0 Å². The van der Waals surface area contributed by atoms with Gasteiger partial charge in [-0.1, -0.05) is 49.6 Å². The maximum Gasteiger partial charge on any atom is 0.0657 e. The standard InChI is InChI=1S/C15H23NO/c1-17-12-15(13-8-4-2-5-9-13)16-14-10-6-3-7-11-14/h2,4-5,8-9,14-16H,3,6-7,10-12H2,1H3. The summed E-state index contributed by atoms with van der Waals surface area (Å²) in [5, 5.41) is 3.75. The summed E-state index contributed by atoms with van der Waals surface area (Å²) in [5.41, 5.74) is 1.33. The molecule has 1 atom stereocenters. The molecular formula is C15H23NO. The fraction of sp³-hybridized carbons (Fsp3) is 0.600. The van der Waals surface area contributed by atoms with Crippen molar-refractivity contribution in [2.24, 2.45) is 0 Å². The summed E-state index contributed by atoms with van der Waals surface area (Å²) in [5.74, 6) is 0. The highest BCUT2D eigenvalue weighted by Gasteiger charge is 2.18. The normalized spacial score (nSPS) is 19.1. The molecule has 94 valence electrons. The van der Waals surface area contributed by atoms with Gasteiger partial charge >= 0.3 is 0 Å². The van der Waals surface area contributed by atoms with Crippen molar-refractivity contribution < 1.29 is 4.74 Å². The molecule has 1 aromatic carbocycles. The fourth-order valence-corrected chi connectivity index (χ4v) is 2.65. The SMILES string of the molecule is COCC(NC1CCCCC1)c1ccccc1. The first kappa shape index (κ1) is 12.6. The van der Waals surface area contributed by atoms with E-state index in [1.54, 1.807) is 7.11 Å². The second-order valence-electron chi connectivity index (χ2n) is 4.92. The third-order valence-corrected chi connectivity index (χ3v) is 3.58. The number of hydrogen-bond acceptors (Lipinski definition) is 2. The second-order valence-corrected chi connectivity index (χ2v) is 4.92. The van der Waals surface area contributed by atoms with Gasteiger partial charge in [0.1, 0.15) is 0 Å². The molecule has 1 fully saturated rings. The molecule has 0 aliphatic heterocycles. The molecule has 0 amide bonds. The lowest BCUT2D eigenvalue weighted by Crippen LogP contribution is -2.36. The summed E-state index contributed by atoms with van der Waals surface area (Å²) in [6.45, 7) is 0.751. The fourth-order valence-electron chi connectivity index (χ4n) is 2.65. The van der Waals surface area contributed by atoms with Crippen molar-refractivity contribution in [3.63, 3.8) is 0 Å². The van der Waals surface area contributed by atoms with Gasteiger partial charge in [0.15, 0.2) is 0 Å². The maximum atomic E-state index is 5.34. The Hall–Kier alpha value is -0.860. The summed E-state index contributed by atoms with van der Waals surface area (Å²) >= 11 is 0. The Labute approximate surface area is 104 Å². The lowest BCUT2D eigenvalue weighted by molar-refractivity contribution is 0.156. The number of methoxy groups -OCH3 is 1. The molecule has 1 unspecified atom stereocenters. The molecule has 0 saturated heterocycles. The zero-order valence-corrected chi connectivity index (χ0v) is 10.7. The summed E-state index contributed by atoms with van der Waals surface area (Å²) in [6.07, 6.45) is 6.76. The van der Waals surface area contributed by atoms with E-state index in [1.165, 1.54) is 37.7 Å². The van der Waals surface area contributed by atoms with Crippen molar-refractivity contribution in [3.05, 3.63) is 35.9 Å². The van der Waals surface area contributed by atoms with Crippen LogP contribution in [0.25, 0.3) is 0 Å². The summed E-state index contributed by atoms with van der Waals surface area (Å²) < 4.78 is 5.34. The monoisotopic (exact) mass is 233 g/mol. The zero-order valence-electron chi connectivity index (χ0n) is 10.7. The first-order valence-electron chi connectivity index (χ1n) is 6.70. The molecule has 2 nitrogen and oxygen atoms in total.